The number of carbonyl (C=O) groups is 1. The third-order valence-electron chi connectivity index (χ3n) is 5.02. The number of hydrogen-bond acceptors (Lipinski definition) is 2. The van der Waals surface area contributed by atoms with E-state index in [0.29, 0.717) is 24.4 Å². The number of piperidine rings is 1. The van der Waals surface area contributed by atoms with E-state index in [-0.39, 0.29) is 17.7 Å². The molecule has 3 nitrogen and oxygen atoms in total. The summed E-state index contributed by atoms with van der Waals surface area (Å²) in [6.07, 6.45) is -0.369. The molecule has 2 aliphatic rings. The van der Waals surface area contributed by atoms with Gasteiger partial charge in [-0.25, -0.2) is 0 Å². The molecule has 0 aromatic heterocycles. The minimum absolute atomic E-state index is 0.0267. The molecule has 6 heteroatoms. The Bertz CT molecular complexity index is 582. The van der Waals surface area contributed by atoms with E-state index in [0.717, 1.165) is 25.6 Å². The van der Waals surface area contributed by atoms with Crippen LogP contribution < -0.4 is 10.6 Å². The SMILES string of the molecule is O=C(NCCC1CCCNC1)C1CC1c1cccc(C(F)(F)F)c1. The molecule has 24 heavy (non-hydrogen) atoms. The second kappa shape index (κ2) is 7.13. The Hall–Kier alpha value is -1.56. The van der Waals surface area contributed by atoms with Crippen LogP contribution >= 0.6 is 0 Å². The molecule has 3 rings (SSSR count). The van der Waals surface area contributed by atoms with Crippen molar-refractivity contribution in [3.8, 4) is 0 Å². The topological polar surface area (TPSA) is 41.1 Å². The maximum atomic E-state index is 12.8. The van der Waals surface area contributed by atoms with Crippen LogP contribution in [0, 0.1) is 11.8 Å². The lowest BCUT2D eigenvalue weighted by molar-refractivity contribution is -0.137. The number of carbonyl (C=O) groups excluding carboxylic acids is 1. The van der Waals surface area contributed by atoms with Gasteiger partial charge in [-0.1, -0.05) is 18.2 Å². The second-order valence-corrected chi connectivity index (χ2v) is 6.86. The molecule has 1 aliphatic carbocycles. The summed E-state index contributed by atoms with van der Waals surface area (Å²) < 4.78 is 38.3. The predicted molar refractivity (Wildman–Crippen MR) is 85.5 cm³/mol. The van der Waals surface area contributed by atoms with Crippen molar-refractivity contribution in [3.63, 3.8) is 0 Å². The zero-order valence-electron chi connectivity index (χ0n) is 13.5. The van der Waals surface area contributed by atoms with Crippen molar-refractivity contribution in [3.05, 3.63) is 35.4 Å². The van der Waals surface area contributed by atoms with Gasteiger partial charge in [0.15, 0.2) is 0 Å². The second-order valence-electron chi connectivity index (χ2n) is 6.86. The third-order valence-corrected chi connectivity index (χ3v) is 5.02. The summed E-state index contributed by atoms with van der Waals surface area (Å²) in [5.74, 6) is 0.320. The minimum atomic E-state index is -4.34. The fourth-order valence-corrected chi connectivity index (χ4v) is 3.50. The molecule has 2 N–H and O–H groups in total. The first kappa shape index (κ1) is 17.3. The number of nitrogens with one attached hydrogen (secondary N) is 2. The van der Waals surface area contributed by atoms with Gasteiger partial charge in [-0.3, -0.25) is 4.79 Å². The van der Waals surface area contributed by atoms with Gasteiger partial charge in [0, 0.05) is 12.5 Å². The first-order valence-corrected chi connectivity index (χ1v) is 8.61. The standard InChI is InChI=1S/C18H23F3N2O/c19-18(20,21)14-5-1-4-13(9-14)15-10-16(15)17(24)23-8-6-12-3-2-7-22-11-12/h1,4-5,9,12,15-16,22H,2-3,6-8,10-11H2,(H,23,24). The average molecular weight is 340 g/mol. The molecular weight excluding hydrogens is 317 g/mol. The maximum absolute atomic E-state index is 12.8. The Balaban J connectivity index is 1.47. The van der Waals surface area contributed by atoms with E-state index in [1.807, 2.05) is 0 Å². The summed E-state index contributed by atoms with van der Waals surface area (Å²) >= 11 is 0. The minimum Gasteiger partial charge on any atom is -0.356 e. The highest BCUT2D eigenvalue weighted by atomic mass is 19.4. The van der Waals surface area contributed by atoms with Gasteiger partial charge in [-0.15, -0.1) is 0 Å². The molecule has 1 aromatic carbocycles. The Morgan fingerprint density at radius 2 is 2.17 bits per heavy atom. The normalized spacial score (nSPS) is 26.9. The summed E-state index contributed by atoms with van der Waals surface area (Å²) in [7, 11) is 0. The van der Waals surface area contributed by atoms with Crippen LogP contribution in [-0.4, -0.2) is 25.5 Å². The Morgan fingerprint density at radius 1 is 1.33 bits per heavy atom. The van der Waals surface area contributed by atoms with Gasteiger partial charge in [-0.05, 0) is 62.2 Å². The van der Waals surface area contributed by atoms with Crippen LogP contribution in [-0.2, 0) is 11.0 Å². The lowest BCUT2D eigenvalue weighted by atomic mass is 9.96. The number of benzene rings is 1. The van der Waals surface area contributed by atoms with E-state index < -0.39 is 11.7 Å². The Kier molecular flexibility index (Phi) is 5.13. The molecule has 0 radical (unpaired) electrons. The molecule has 1 aromatic rings. The highest BCUT2D eigenvalue weighted by Crippen LogP contribution is 2.48. The number of alkyl halides is 3. The smallest absolute Gasteiger partial charge is 0.356 e. The summed E-state index contributed by atoms with van der Waals surface area (Å²) in [6.45, 7) is 2.73. The Morgan fingerprint density at radius 3 is 2.88 bits per heavy atom. The molecular formula is C18H23F3N2O. The van der Waals surface area contributed by atoms with Gasteiger partial charge in [0.25, 0.3) is 0 Å². The summed E-state index contributed by atoms with van der Waals surface area (Å²) in [5.41, 5.74) is -0.0303. The quantitative estimate of drug-likeness (QED) is 0.863. The zero-order valence-corrected chi connectivity index (χ0v) is 13.5. The van der Waals surface area contributed by atoms with Crippen LogP contribution in [0.4, 0.5) is 13.2 Å². The van der Waals surface area contributed by atoms with Gasteiger partial charge in [-0.2, -0.15) is 13.2 Å². The average Bonchev–Trinajstić information content (AvgIpc) is 3.36. The third kappa shape index (κ3) is 4.29. The van der Waals surface area contributed by atoms with Crippen molar-refractivity contribution in [2.45, 2.75) is 37.8 Å². The number of hydrogen-bond donors (Lipinski definition) is 2. The summed E-state index contributed by atoms with van der Waals surface area (Å²) in [4.78, 5) is 12.2. The van der Waals surface area contributed by atoms with Crippen molar-refractivity contribution in [2.75, 3.05) is 19.6 Å². The fourth-order valence-electron chi connectivity index (χ4n) is 3.50. The monoisotopic (exact) mass is 340 g/mol. The largest absolute Gasteiger partial charge is 0.416 e. The summed E-state index contributed by atoms with van der Waals surface area (Å²) in [5, 5.41) is 6.30. The van der Waals surface area contributed by atoms with Crippen LogP contribution in [0.15, 0.2) is 24.3 Å². The van der Waals surface area contributed by atoms with E-state index in [1.165, 1.54) is 25.0 Å². The van der Waals surface area contributed by atoms with E-state index in [9.17, 15) is 18.0 Å². The van der Waals surface area contributed by atoms with E-state index in [1.54, 1.807) is 6.07 Å². The summed E-state index contributed by atoms with van der Waals surface area (Å²) in [6, 6.07) is 5.34. The molecule has 1 saturated carbocycles. The van der Waals surface area contributed by atoms with Crippen LogP contribution in [0.3, 0.4) is 0 Å². The maximum Gasteiger partial charge on any atom is 0.416 e. The van der Waals surface area contributed by atoms with Crippen LogP contribution in [0.1, 0.15) is 42.7 Å². The molecule has 132 valence electrons. The highest BCUT2D eigenvalue weighted by molar-refractivity contribution is 5.82. The van der Waals surface area contributed by atoms with Gasteiger partial charge in [0.05, 0.1) is 5.56 Å². The van der Waals surface area contributed by atoms with Gasteiger partial charge in [0.1, 0.15) is 0 Å². The van der Waals surface area contributed by atoms with Gasteiger partial charge in [0.2, 0.25) is 5.91 Å². The van der Waals surface area contributed by atoms with Crippen LogP contribution in [0.5, 0.6) is 0 Å². The zero-order chi connectivity index (χ0) is 17.2. The fraction of sp³-hybridized carbons (Fsp3) is 0.611. The van der Waals surface area contributed by atoms with E-state index in [4.69, 9.17) is 0 Å². The van der Waals surface area contributed by atoms with Crippen molar-refractivity contribution in [2.24, 2.45) is 11.8 Å². The molecule has 2 fully saturated rings. The van der Waals surface area contributed by atoms with Crippen molar-refractivity contribution >= 4 is 5.91 Å². The van der Waals surface area contributed by atoms with Crippen molar-refractivity contribution in [1.29, 1.82) is 0 Å². The lowest BCUT2D eigenvalue weighted by Crippen LogP contribution is -2.33. The lowest BCUT2D eigenvalue weighted by Gasteiger charge is -2.22. The number of amides is 1. The molecule has 1 amide bonds. The van der Waals surface area contributed by atoms with Crippen LogP contribution in [0.2, 0.25) is 0 Å². The van der Waals surface area contributed by atoms with Crippen molar-refractivity contribution < 1.29 is 18.0 Å². The van der Waals surface area contributed by atoms with Crippen LogP contribution in [0.25, 0.3) is 0 Å². The van der Waals surface area contributed by atoms with E-state index >= 15 is 0 Å². The van der Waals surface area contributed by atoms with Gasteiger partial charge >= 0.3 is 6.18 Å². The number of rotatable bonds is 5. The molecule has 1 saturated heterocycles. The molecule has 0 spiro atoms. The molecule has 1 aliphatic heterocycles. The molecule has 1 heterocycles. The van der Waals surface area contributed by atoms with Crippen molar-refractivity contribution in [1.82, 2.24) is 10.6 Å². The highest BCUT2D eigenvalue weighted by Gasteiger charge is 2.44. The Labute approximate surface area is 140 Å². The molecule has 0 bridgehead atoms. The molecule has 3 atom stereocenters. The van der Waals surface area contributed by atoms with Gasteiger partial charge < -0.3 is 10.6 Å². The van der Waals surface area contributed by atoms with E-state index in [2.05, 4.69) is 10.6 Å². The molecule has 3 unspecified atom stereocenters. The first-order chi connectivity index (χ1) is 11.4. The number of halogens is 3. The predicted octanol–water partition coefficient (Wildman–Crippen LogP) is 3.31. The first-order valence-electron chi connectivity index (χ1n) is 8.61.